The third kappa shape index (κ3) is 3.26. The lowest BCUT2D eigenvalue weighted by molar-refractivity contribution is 0.0640. The van der Waals surface area contributed by atoms with Gasteiger partial charge in [-0.15, -0.1) is 0 Å². The van der Waals surface area contributed by atoms with E-state index in [0.717, 1.165) is 16.8 Å². The summed E-state index contributed by atoms with van der Waals surface area (Å²) in [5, 5.41) is 15.1. The number of carbonyl (C=O) groups excluding carboxylic acids is 1. The van der Waals surface area contributed by atoms with Crippen LogP contribution in [0.25, 0.3) is 6.08 Å². The molecule has 0 radical (unpaired) electrons. The number of aliphatic hydroxyl groups excluding tert-OH is 1. The standard InChI is InChI=1S/C19H20N2O3/c1-13-15-10-11-19(2,12-22)24-17(15)9-8-16(13)21-18(23)20-14-6-4-3-5-7-14/h3-11,22H,12H2,1-2H3,(H2,20,21,23). The van der Waals surface area contributed by atoms with E-state index in [9.17, 15) is 9.90 Å². The van der Waals surface area contributed by atoms with Gasteiger partial charge in [-0.25, -0.2) is 4.79 Å². The molecule has 1 aliphatic rings. The fraction of sp³-hybridized carbons (Fsp3) is 0.211. The zero-order valence-corrected chi connectivity index (χ0v) is 13.7. The Morgan fingerprint density at radius 3 is 2.62 bits per heavy atom. The molecule has 1 unspecified atom stereocenters. The van der Waals surface area contributed by atoms with Crippen LogP contribution in [-0.2, 0) is 0 Å². The van der Waals surface area contributed by atoms with Crippen molar-refractivity contribution in [3.63, 3.8) is 0 Å². The molecule has 0 aromatic heterocycles. The number of rotatable bonds is 3. The molecule has 3 rings (SSSR count). The van der Waals surface area contributed by atoms with Crippen LogP contribution < -0.4 is 15.4 Å². The van der Waals surface area contributed by atoms with E-state index in [2.05, 4.69) is 10.6 Å². The van der Waals surface area contributed by atoms with Crippen LogP contribution >= 0.6 is 0 Å². The van der Waals surface area contributed by atoms with E-state index in [-0.39, 0.29) is 12.6 Å². The maximum absolute atomic E-state index is 12.1. The predicted octanol–water partition coefficient (Wildman–Crippen LogP) is 3.80. The number of urea groups is 1. The van der Waals surface area contributed by atoms with E-state index in [1.165, 1.54) is 0 Å². The predicted molar refractivity (Wildman–Crippen MR) is 95.4 cm³/mol. The molecule has 1 aliphatic heterocycles. The van der Waals surface area contributed by atoms with Crippen LogP contribution in [0.2, 0.25) is 0 Å². The monoisotopic (exact) mass is 324 g/mol. The summed E-state index contributed by atoms with van der Waals surface area (Å²) in [7, 11) is 0. The first-order valence-electron chi connectivity index (χ1n) is 7.76. The fourth-order valence-electron chi connectivity index (χ4n) is 2.57. The minimum Gasteiger partial charge on any atom is -0.480 e. The molecule has 2 aromatic carbocycles. The first kappa shape index (κ1) is 16.1. The van der Waals surface area contributed by atoms with Crippen LogP contribution in [0.5, 0.6) is 5.75 Å². The quantitative estimate of drug-likeness (QED) is 0.804. The van der Waals surface area contributed by atoms with Crippen molar-refractivity contribution >= 4 is 23.5 Å². The van der Waals surface area contributed by atoms with Gasteiger partial charge in [-0.05, 0) is 49.8 Å². The second kappa shape index (κ2) is 6.37. The van der Waals surface area contributed by atoms with Gasteiger partial charge in [0.2, 0.25) is 0 Å². The van der Waals surface area contributed by atoms with Crippen molar-refractivity contribution in [1.82, 2.24) is 0 Å². The number of anilines is 2. The highest BCUT2D eigenvalue weighted by Gasteiger charge is 2.27. The Bertz CT molecular complexity index is 787. The molecule has 0 aliphatic carbocycles. The van der Waals surface area contributed by atoms with E-state index in [1.54, 1.807) is 12.1 Å². The number of fused-ring (bicyclic) bond motifs is 1. The summed E-state index contributed by atoms with van der Waals surface area (Å²) in [6.45, 7) is 3.65. The molecule has 0 bridgehead atoms. The van der Waals surface area contributed by atoms with Gasteiger partial charge in [-0.2, -0.15) is 0 Å². The van der Waals surface area contributed by atoms with Crippen molar-refractivity contribution in [3.8, 4) is 5.75 Å². The Labute approximate surface area is 141 Å². The van der Waals surface area contributed by atoms with Gasteiger partial charge in [-0.1, -0.05) is 24.3 Å². The molecule has 2 aromatic rings. The molecular formula is C19H20N2O3. The highest BCUT2D eigenvalue weighted by Crippen LogP contribution is 2.36. The zero-order chi connectivity index (χ0) is 17.2. The Morgan fingerprint density at radius 1 is 1.17 bits per heavy atom. The van der Waals surface area contributed by atoms with Crippen molar-refractivity contribution in [2.45, 2.75) is 19.4 Å². The summed E-state index contributed by atoms with van der Waals surface area (Å²) in [5.41, 5.74) is 2.54. The van der Waals surface area contributed by atoms with Gasteiger partial charge in [0.25, 0.3) is 0 Å². The van der Waals surface area contributed by atoms with E-state index in [4.69, 9.17) is 4.74 Å². The van der Waals surface area contributed by atoms with E-state index >= 15 is 0 Å². The Morgan fingerprint density at radius 2 is 1.92 bits per heavy atom. The van der Waals surface area contributed by atoms with Crippen molar-refractivity contribution in [3.05, 3.63) is 59.7 Å². The fourth-order valence-corrected chi connectivity index (χ4v) is 2.57. The van der Waals surface area contributed by atoms with Crippen LogP contribution in [0.4, 0.5) is 16.2 Å². The lowest BCUT2D eigenvalue weighted by atomic mass is 9.97. The van der Waals surface area contributed by atoms with Gasteiger partial charge in [-0.3, -0.25) is 0 Å². The molecular weight excluding hydrogens is 304 g/mol. The zero-order valence-electron chi connectivity index (χ0n) is 13.7. The Balaban J connectivity index is 1.78. The van der Waals surface area contributed by atoms with E-state index in [0.29, 0.717) is 11.4 Å². The molecule has 1 heterocycles. The first-order valence-corrected chi connectivity index (χ1v) is 7.76. The number of para-hydroxylation sites is 1. The average molecular weight is 324 g/mol. The minimum atomic E-state index is -0.709. The largest absolute Gasteiger partial charge is 0.480 e. The van der Waals surface area contributed by atoms with Crippen molar-refractivity contribution in [1.29, 1.82) is 0 Å². The average Bonchev–Trinajstić information content (AvgIpc) is 2.58. The Hall–Kier alpha value is -2.79. The molecule has 0 fully saturated rings. The second-order valence-corrected chi connectivity index (χ2v) is 6.00. The normalized spacial score (nSPS) is 18.5. The number of amides is 2. The third-order valence-corrected chi connectivity index (χ3v) is 4.01. The van der Waals surface area contributed by atoms with Gasteiger partial charge >= 0.3 is 6.03 Å². The van der Waals surface area contributed by atoms with Gasteiger partial charge in [0.15, 0.2) is 0 Å². The molecule has 5 heteroatoms. The summed E-state index contributed by atoms with van der Waals surface area (Å²) < 4.78 is 5.84. The van der Waals surface area contributed by atoms with Crippen LogP contribution in [0.1, 0.15) is 18.1 Å². The van der Waals surface area contributed by atoms with Crippen LogP contribution in [0.15, 0.2) is 48.5 Å². The molecule has 5 nitrogen and oxygen atoms in total. The lowest BCUT2D eigenvalue weighted by Crippen LogP contribution is -2.36. The van der Waals surface area contributed by atoms with Gasteiger partial charge < -0.3 is 20.5 Å². The maximum Gasteiger partial charge on any atom is 0.323 e. The molecule has 2 amide bonds. The SMILES string of the molecule is Cc1c(NC(=O)Nc2ccccc2)ccc2c1C=CC(C)(CO)O2. The van der Waals surface area contributed by atoms with Crippen molar-refractivity contribution in [2.75, 3.05) is 17.2 Å². The van der Waals surface area contributed by atoms with Gasteiger partial charge in [0.1, 0.15) is 11.4 Å². The molecule has 0 spiro atoms. The summed E-state index contributed by atoms with van der Waals surface area (Å²) in [6, 6.07) is 12.6. The third-order valence-electron chi connectivity index (χ3n) is 4.01. The number of aliphatic hydroxyl groups is 1. The van der Waals surface area contributed by atoms with Gasteiger partial charge in [0.05, 0.1) is 6.61 Å². The van der Waals surface area contributed by atoms with Gasteiger partial charge in [0, 0.05) is 16.9 Å². The number of carbonyl (C=O) groups is 1. The number of benzene rings is 2. The van der Waals surface area contributed by atoms with Crippen molar-refractivity contribution in [2.24, 2.45) is 0 Å². The topological polar surface area (TPSA) is 70.6 Å². The summed E-state index contributed by atoms with van der Waals surface area (Å²) in [6.07, 6.45) is 3.75. The highest BCUT2D eigenvalue weighted by atomic mass is 16.5. The molecule has 0 saturated heterocycles. The smallest absolute Gasteiger partial charge is 0.323 e. The second-order valence-electron chi connectivity index (χ2n) is 6.00. The maximum atomic E-state index is 12.1. The summed E-state index contributed by atoms with van der Waals surface area (Å²) in [5.74, 6) is 0.695. The first-order chi connectivity index (χ1) is 11.5. The minimum absolute atomic E-state index is 0.0958. The van der Waals surface area contributed by atoms with Crippen molar-refractivity contribution < 1.29 is 14.6 Å². The molecule has 0 saturated carbocycles. The molecule has 1 atom stereocenters. The van der Waals surface area contributed by atoms with E-state index in [1.807, 2.05) is 56.3 Å². The van der Waals surface area contributed by atoms with Crippen LogP contribution in [0.3, 0.4) is 0 Å². The highest BCUT2D eigenvalue weighted by molar-refractivity contribution is 6.00. The lowest BCUT2D eigenvalue weighted by Gasteiger charge is -2.30. The Kier molecular flexibility index (Phi) is 4.27. The number of nitrogens with one attached hydrogen (secondary N) is 2. The summed E-state index contributed by atoms with van der Waals surface area (Å²) >= 11 is 0. The molecule has 3 N–H and O–H groups in total. The molecule has 124 valence electrons. The number of hydrogen-bond donors (Lipinski definition) is 3. The van der Waals surface area contributed by atoms with E-state index < -0.39 is 5.60 Å². The van der Waals surface area contributed by atoms with Crippen LogP contribution in [-0.4, -0.2) is 23.3 Å². The van der Waals surface area contributed by atoms with Crippen LogP contribution in [0, 0.1) is 6.92 Å². The number of ether oxygens (including phenoxy) is 1. The molecule has 24 heavy (non-hydrogen) atoms. The number of hydrogen-bond acceptors (Lipinski definition) is 3. The summed E-state index contributed by atoms with van der Waals surface area (Å²) in [4.78, 5) is 12.1.